The summed E-state index contributed by atoms with van der Waals surface area (Å²) < 4.78 is 36.2. The maximum atomic E-state index is 13.7. The van der Waals surface area contributed by atoms with Gasteiger partial charge < -0.3 is 10.6 Å². The van der Waals surface area contributed by atoms with Gasteiger partial charge in [-0.3, -0.25) is 0 Å². The standard InChI is InChI=1S/C12H17FN2O2S/c1-18(16,17)10-4-5-12(11(13)7-10)15-8-9-3-2-6-14-9/h4-5,7,9,14-15H,2-3,6,8H2,1H3. The minimum Gasteiger partial charge on any atom is -0.381 e. The van der Waals surface area contributed by atoms with Gasteiger partial charge in [0, 0.05) is 18.8 Å². The van der Waals surface area contributed by atoms with Crippen molar-refractivity contribution in [1.29, 1.82) is 0 Å². The van der Waals surface area contributed by atoms with E-state index in [1.165, 1.54) is 12.1 Å². The Morgan fingerprint density at radius 2 is 2.28 bits per heavy atom. The minimum atomic E-state index is -3.35. The molecule has 6 heteroatoms. The molecule has 0 radical (unpaired) electrons. The molecule has 0 amide bonds. The summed E-state index contributed by atoms with van der Waals surface area (Å²) >= 11 is 0. The average Bonchev–Trinajstić information content (AvgIpc) is 2.79. The number of halogens is 1. The second-order valence-electron chi connectivity index (χ2n) is 4.59. The normalized spacial score (nSPS) is 20.0. The molecule has 0 saturated carbocycles. The maximum absolute atomic E-state index is 13.7. The van der Waals surface area contributed by atoms with E-state index in [0.717, 1.165) is 31.7 Å². The highest BCUT2D eigenvalue weighted by Crippen LogP contribution is 2.19. The van der Waals surface area contributed by atoms with Crippen molar-refractivity contribution in [2.45, 2.75) is 23.8 Å². The second-order valence-corrected chi connectivity index (χ2v) is 6.60. The van der Waals surface area contributed by atoms with Crippen molar-refractivity contribution in [1.82, 2.24) is 5.32 Å². The van der Waals surface area contributed by atoms with Gasteiger partial charge >= 0.3 is 0 Å². The number of rotatable bonds is 4. The van der Waals surface area contributed by atoms with Crippen LogP contribution in [0.5, 0.6) is 0 Å². The first-order valence-electron chi connectivity index (χ1n) is 5.94. The SMILES string of the molecule is CS(=O)(=O)c1ccc(NCC2CCCN2)c(F)c1. The first kappa shape index (κ1) is 13.3. The number of benzene rings is 1. The topological polar surface area (TPSA) is 58.2 Å². The van der Waals surface area contributed by atoms with E-state index in [0.29, 0.717) is 18.3 Å². The molecule has 100 valence electrons. The zero-order valence-corrected chi connectivity index (χ0v) is 11.1. The van der Waals surface area contributed by atoms with E-state index in [9.17, 15) is 12.8 Å². The van der Waals surface area contributed by atoms with Gasteiger partial charge in [0.25, 0.3) is 0 Å². The first-order valence-corrected chi connectivity index (χ1v) is 7.83. The van der Waals surface area contributed by atoms with Gasteiger partial charge in [0.1, 0.15) is 5.82 Å². The Bertz CT molecular complexity index is 525. The summed E-state index contributed by atoms with van der Waals surface area (Å²) in [6, 6.07) is 4.31. The van der Waals surface area contributed by atoms with E-state index in [1.54, 1.807) is 0 Å². The first-order chi connectivity index (χ1) is 8.47. The Morgan fingerprint density at radius 1 is 1.50 bits per heavy atom. The Morgan fingerprint density at radius 3 is 2.83 bits per heavy atom. The van der Waals surface area contributed by atoms with Crippen molar-refractivity contribution in [2.75, 3.05) is 24.7 Å². The van der Waals surface area contributed by atoms with Gasteiger partial charge in [-0.25, -0.2) is 12.8 Å². The molecule has 2 rings (SSSR count). The summed E-state index contributed by atoms with van der Waals surface area (Å²) in [4.78, 5) is 0.00420. The summed E-state index contributed by atoms with van der Waals surface area (Å²) in [7, 11) is -3.35. The van der Waals surface area contributed by atoms with Crippen molar-refractivity contribution < 1.29 is 12.8 Å². The second kappa shape index (κ2) is 5.24. The van der Waals surface area contributed by atoms with Crippen molar-refractivity contribution in [3.8, 4) is 0 Å². The van der Waals surface area contributed by atoms with Crippen LogP contribution in [0.1, 0.15) is 12.8 Å². The van der Waals surface area contributed by atoms with Gasteiger partial charge in [-0.1, -0.05) is 0 Å². The molecule has 1 unspecified atom stereocenters. The van der Waals surface area contributed by atoms with Gasteiger partial charge in [-0.05, 0) is 37.6 Å². The molecular weight excluding hydrogens is 255 g/mol. The van der Waals surface area contributed by atoms with Crippen LogP contribution in [0.2, 0.25) is 0 Å². The van der Waals surface area contributed by atoms with E-state index in [4.69, 9.17) is 0 Å². The van der Waals surface area contributed by atoms with E-state index in [-0.39, 0.29) is 4.90 Å². The lowest BCUT2D eigenvalue weighted by Crippen LogP contribution is -2.29. The highest BCUT2D eigenvalue weighted by atomic mass is 32.2. The van der Waals surface area contributed by atoms with E-state index in [1.807, 2.05) is 0 Å². The molecule has 1 saturated heterocycles. The number of sulfone groups is 1. The predicted octanol–water partition coefficient (Wildman–Crippen LogP) is 1.39. The van der Waals surface area contributed by atoms with Crippen molar-refractivity contribution in [3.05, 3.63) is 24.0 Å². The zero-order chi connectivity index (χ0) is 13.2. The van der Waals surface area contributed by atoms with Crippen molar-refractivity contribution >= 4 is 15.5 Å². The summed E-state index contributed by atoms with van der Waals surface area (Å²) in [6.45, 7) is 1.65. The predicted molar refractivity (Wildman–Crippen MR) is 69.0 cm³/mol. The number of hydrogen-bond donors (Lipinski definition) is 2. The average molecular weight is 272 g/mol. The molecule has 1 atom stereocenters. The molecule has 1 aliphatic heterocycles. The third-order valence-corrected chi connectivity index (χ3v) is 4.18. The molecule has 4 nitrogen and oxygen atoms in total. The summed E-state index contributed by atoms with van der Waals surface area (Å²) in [5.74, 6) is -0.532. The largest absolute Gasteiger partial charge is 0.381 e. The van der Waals surface area contributed by atoms with Crippen LogP contribution >= 0.6 is 0 Å². The van der Waals surface area contributed by atoms with Gasteiger partial charge in [0.05, 0.1) is 10.6 Å². The third-order valence-electron chi connectivity index (χ3n) is 3.07. The van der Waals surface area contributed by atoms with Crippen LogP contribution in [0.4, 0.5) is 10.1 Å². The van der Waals surface area contributed by atoms with Crippen molar-refractivity contribution in [3.63, 3.8) is 0 Å². The fourth-order valence-electron chi connectivity index (χ4n) is 2.03. The van der Waals surface area contributed by atoms with Crippen LogP contribution < -0.4 is 10.6 Å². The summed E-state index contributed by atoms with van der Waals surface area (Å²) in [5, 5.41) is 6.30. The Kier molecular flexibility index (Phi) is 3.87. The molecule has 1 aromatic rings. The van der Waals surface area contributed by atoms with Gasteiger partial charge in [-0.15, -0.1) is 0 Å². The Labute approximate surface area is 107 Å². The molecule has 1 aromatic carbocycles. The lowest BCUT2D eigenvalue weighted by molar-refractivity contribution is 0.594. The minimum absolute atomic E-state index is 0.00420. The van der Waals surface area contributed by atoms with Crippen LogP contribution in [-0.2, 0) is 9.84 Å². The molecule has 18 heavy (non-hydrogen) atoms. The molecule has 0 bridgehead atoms. The van der Waals surface area contributed by atoms with Gasteiger partial charge in [0.2, 0.25) is 0 Å². The molecule has 0 spiro atoms. The quantitative estimate of drug-likeness (QED) is 0.869. The molecule has 1 heterocycles. The molecular formula is C12H17FN2O2S. The highest BCUT2D eigenvalue weighted by Gasteiger charge is 2.15. The third kappa shape index (κ3) is 3.20. The molecule has 1 aliphatic rings. The van der Waals surface area contributed by atoms with Crippen LogP contribution in [0.3, 0.4) is 0 Å². The van der Waals surface area contributed by atoms with Gasteiger partial charge in [-0.2, -0.15) is 0 Å². The Balaban J connectivity index is 2.05. The fourth-order valence-corrected chi connectivity index (χ4v) is 2.67. The molecule has 1 fully saturated rings. The lowest BCUT2D eigenvalue weighted by Gasteiger charge is -2.13. The van der Waals surface area contributed by atoms with Crippen LogP contribution in [0, 0.1) is 5.82 Å². The summed E-state index contributed by atoms with van der Waals surface area (Å²) in [5.41, 5.74) is 0.344. The van der Waals surface area contributed by atoms with E-state index in [2.05, 4.69) is 10.6 Å². The maximum Gasteiger partial charge on any atom is 0.175 e. The monoisotopic (exact) mass is 272 g/mol. The van der Waals surface area contributed by atoms with Crippen LogP contribution in [0.15, 0.2) is 23.1 Å². The molecule has 0 aromatic heterocycles. The van der Waals surface area contributed by atoms with E-state index >= 15 is 0 Å². The number of hydrogen-bond acceptors (Lipinski definition) is 4. The lowest BCUT2D eigenvalue weighted by atomic mass is 10.2. The summed E-state index contributed by atoms with van der Waals surface area (Å²) in [6.07, 6.45) is 3.29. The van der Waals surface area contributed by atoms with Crippen LogP contribution in [-0.4, -0.2) is 33.8 Å². The smallest absolute Gasteiger partial charge is 0.175 e. The van der Waals surface area contributed by atoms with E-state index < -0.39 is 15.7 Å². The van der Waals surface area contributed by atoms with Crippen molar-refractivity contribution in [2.24, 2.45) is 0 Å². The molecule has 0 aliphatic carbocycles. The zero-order valence-electron chi connectivity index (χ0n) is 10.2. The Hall–Kier alpha value is -1.14. The highest BCUT2D eigenvalue weighted by molar-refractivity contribution is 7.90. The number of anilines is 1. The number of nitrogens with one attached hydrogen (secondary N) is 2. The molecule has 2 N–H and O–H groups in total. The van der Waals surface area contributed by atoms with Gasteiger partial charge in [0.15, 0.2) is 9.84 Å². The van der Waals surface area contributed by atoms with Crippen LogP contribution in [0.25, 0.3) is 0 Å². The fraction of sp³-hybridized carbons (Fsp3) is 0.500.